The molecule has 236 valence electrons. The highest BCUT2D eigenvalue weighted by molar-refractivity contribution is 7.92. The van der Waals surface area contributed by atoms with E-state index < -0.39 is 28.5 Å². The summed E-state index contributed by atoms with van der Waals surface area (Å²) in [5, 5.41) is 3.53. The molecule has 4 aromatic carbocycles. The van der Waals surface area contributed by atoms with Gasteiger partial charge in [-0.2, -0.15) is 0 Å². The standard InChI is InChI=1S/C34H35Cl2N3O5S/c1-4-32(34(41)37-5-2)38(22-25-13-14-26(35)21-31(25)36)33(40)23-39(45(42,43)30-19-11-24(3)12-20-30)27-15-17-29(18-16-27)44-28-9-7-6-8-10-28/h6-21,32H,4-5,22-23H2,1-3H3,(H,37,41)/t32-/m0/s1. The van der Waals surface area contributed by atoms with E-state index in [0.717, 1.165) is 9.87 Å². The van der Waals surface area contributed by atoms with Crippen LogP contribution in [0.1, 0.15) is 31.4 Å². The van der Waals surface area contributed by atoms with Crippen LogP contribution in [-0.2, 0) is 26.2 Å². The summed E-state index contributed by atoms with van der Waals surface area (Å²) in [6.45, 7) is 5.19. The molecule has 4 aromatic rings. The molecule has 2 amide bonds. The normalized spacial score (nSPS) is 11.8. The molecule has 0 spiro atoms. The lowest BCUT2D eigenvalue weighted by molar-refractivity contribution is -0.140. The summed E-state index contributed by atoms with van der Waals surface area (Å²) in [5.41, 5.74) is 1.70. The molecule has 0 radical (unpaired) electrons. The second-order valence-electron chi connectivity index (χ2n) is 10.3. The largest absolute Gasteiger partial charge is 0.457 e. The highest BCUT2D eigenvalue weighted by atomic mass is 35.5. The number of halogens is 2. The van der Waals surface area contributed by atoms with Crippen molar-refractivity contribution in [2.24, 2.45) is 0 Å². The predicted molar refractivity (Wildman–Crippen MR) is 178 cm³/mol. The molecule has 0 bridgehead atoms. The fraction of sp³-hybridized carbons (Fsp3) is 0.235. The zero-order chi connectivity index (χ0) is 32.6. The van der Waals surface area contributed by atoms with Crippen LogP contribution in [0.4, 0.5) is 5.69 Å². The van der Waals surface area contributed by atoms with Crippen molar-refractivity contribution in [2.45, 2.75) is 44.7 Å². The smallest absolute Gasteiger partial charge is 0.264 e. The number of ether oxygens (including phenoxy) is 1. The number of nitrogens with zero attached hydrogens (tertiary/aromatic N) is 2. The summed E-state index contributed by atoms with van der Waals surface area (Å²) in [6.07, 6.45) is 0.291. The maximum Gasteiger partial charge on any atom is 0.264 e. The molecule has 1 atom stereocenters. The number of anilines is 1. The van der Waals surface area contributed by atoms with Crippen molar-refractivity contribution < 1.29 is 22.7 Å². The molecule has 0 saturated carbocycles. The zero-order valence-electron chi connectivity index (χ0n) is 25.2. The van der Waals surface area contributed by atoms with Crippen LogP contribution in [0.25, 0.3) is 0 Å². The first-order chi connectivity index (χ1) is 21.5. The van der Waals surface area contributed by atoms with Gasteiger partial charge in [-0.3, -0.25) is 13.9 Å². The minimum absolute atomic E-state index is 0.0218. The number of nitrogens with one attached hydrogen (secondary N) is 1. The Hall–Kier alpha value is -4.05. The molecule has 0 aliphatic carbocycles. The minimum Gasteiger partial charge on any atom is -0.457 e. The highest BCUT2D eigenvalue weighted by Gasteiger charge is 2.34. The van der Waals surface area contributed by atoms with Crippen molar-refractivity contribution in [2.75, 3.05) is 17.4 Å². The topological polar surface area (TPSA) is 96.0 Å². The second kappa shape index (κ2) is 15.3. The van der Waals surface area contributed by atoms with Crippen molar-refractivity contribution >= 4 is 50.7 Å². The van der Waals surface area contributed by atoms with Crippen molar-refractivity contribution in [1.29, 1.82) is 0 Å². The summed E-state index contributed by atoms with van der Waals surface area (Å²) < 4.78 is 35.2. The third-order valence-corrected chi connectivity index (χ3v) is 9.46. The van der Waals surface area contributed by atoms with E-state index in [0.29, 0.717) is 40.1 Å². The summed E-state index contributed by atoms with van der Waals surface area (Å²) in [7, 11) is -4.22. The Morgan fingerprint density at radius 2 is 1.51 bits per heavy atom. The van der Waals surface area contributed by atoms with Gasteiger partial charge in [0.25, 0.3) is 10.0 Å². The van der Waals surface area contributed by atoms with Crippen LogP contribution < -0.4 is 14.4 Å². The van der Waals surface area contributed by atoms with Gasteiger partial charge in [-0.05, 0) is 86.5 Å². The van der Waals surface area contributed by atoms with Crippen LogP contribution in [0.2, 0.25) is 10.0 Å². The van der Waals surface area contributed by atoms with E-state index >= 15 is 0 Å². The van der Waals surface area contributed by atoms with Gasteiger partial charge in [0.2, 0.25) is 11.8 Å². The number of likely N-dealkylation sites (N-methyl/N-ethyl adjacent to an activating group) is 1. The fourth-order valence-corrected chi connectivity index (χ4v) is 6.60. The lowest BCUT2D eigenvalue weighted by atomic mass is 10.1. The average molecular weight is 669 g/mol. The number of sulfonamides is 1. The number of carbonyl (C=O) groups is 2. The van der Waals surface area contributed by atoms with Crippen LogP contribution in [0.3, 0.4) is 0 Å². The molecule has 4 rings (SSSR count). The average Bonchev–Trinajstić information content (AvgIpc) is 3.02. The monoisotopic (exact) mass is 667 g/mol. The van der Waals surface area contributed by atoms with Gasteiger partial charge in [-0.1, -0.05) is 72.1 Å². The van der Waals surface area contributed by atoms with Crippen molar-refractivity contribution in [3.8, 4) is 11.5 Å². The van der Waals surface area contributed by atoms with E-state index in [9.17, 15) is 18.0 Å². The first-order valence-corrected chi connectivity index (χ1v) is 16.7. The highest BCUT2D eigenvalue weighted by Crippen LogP contribution is 2.29. The fourth-order valence-electron chi connectivity index (χ4n) is 4.72. The molecule has 0 saturated heterocycles. The van der Waals surface area contributed by atoms with E-state index in [1.807, 2.05) is 25.1 Å². The SMILES string of the molecule is CCNC(=O)[C@H](CC)N(Cc1ccc(Cl)cc1Cl)C(=O)CN(c1ccc(Oc2ccccc2)cc1)S(=O)(=O)c1ccc(C)cc1. The molecule has 45 heavy (non-hydrogen) atoms. The number of benzene rings is 4. The third kappa shape index (κ3) is 8.57. The van der Waals surface area contributed by atoms with Gasteiger partial charge in [0.15, 0.2) is 0 Å². The molecular formula is C34H35Cl2N3O5S. The van der Waals surface area contributed by atoms with Crippen LogP contribution in [0, 0.1) is 6.92 Å². The second-order valence-corrected chi connectivity index (χ2v) is 13.0. The van der Waals surface area contributed by atoms with Crippen LogP contribution in [0.5, 0.6) is 11.5 Å². The van der Waals surface area contributed by atoms with Crippen LogP contribution in [-0.4, -0.2) is 44.3 Å². The van der Waals surface area contributed by atoms with Crippen LogP contribution in [0.15, 0.2) is 102 Å². The van der Waals surface area contributed by atoms with Gasteiger partial charge in [-0.15, -0.1) is 0 Å². The van der Waals surface area contributed by atoms with E-state index in [4.69, 9.17) is 27.9 Å². The Bertz CT molecular complexity index is 1720. The van der Waals surface area contributed by atoms with E-state index in [1.54, 1.807) is 80.6 Å². The summed E-state index contributed by atoms with van der Waals surface area (Å²) >= 11 is 12.6. The van der Waals surface area contributed by atoms with Gasteiger partial charge >= 0.3 is 0 Å². The lowest BCUT2D eigenvalue weighted by Gasteiger charge is -2.33. The molecule has 1 N–H and O–H groups in total. The Labute approximate surface area is 274 Å². The Balaban J connectivity index is 1.74. The van der Waals surface area contributed by atoms with E-state index in [1.165, 1.54) is 17.0 Å². The number of carbonyl (C=O) groups excluding carboxylic acids is 2. The molecule has 0 aromatic heterocycles. The third-order valence-electron chi connectivity index (χ3n) is 7.08. The number of aryl methyl sites for hydroxylation is 1. The molecule has 0 fully saturated rings. The van der Waals surface area contributed by atoms with Crippen molar-refractivity contribution in [3.05, 3.63) is 118 Å². The lowest BCUT2D eigenvalue weighted by Crippen LogP contribution is -2.52. The zero-order valence-corrected chi connectivity index (χ0v) is 27.6. The number of amides is 2. The molecule has 0 unspecified atom stereocenters. The molecule has 0 heterocycles. The van der Waals surface area contributed by atoms with Crippen molar-refractivity contribution in [1.82, 2.24) is 10.2 Å². The molecule has 0 aliphatic rings. The first-order valence-electron chi connectivity index (χ1n) is 14.5. The maximum absolute atomic E-state index is 14.2. The number of hydrogen-bond acceptors (Lipinski definition) is 5. The van der Waals surface area contributed by atoms with Crippen LogP contribution >= 0.6 is 23.2 Å². The summed E-state index contributed by atoms with van der Waals surface area (Å²) in [4.78, 5) is 28.7. The molecular weight excluding hydrogens is 633 g/mol. The van der Waals surface area contributed by atoms with Gasteiger partial charge < -0.3 is 15.0 Å². The predicted octanol–water partition coefficient (Wildman–Crippen LogP) is 7.23. The maximum atomic E-state index is 14.2. The molecule has 0 aliphatic heterocycles. The number of hydrogen-bond donors (Lipinski definition) is 1. The molecule has 11 heteroatoms. The first kappa shape index (κ1) is 33.8. The Morgan fingerprint density at radius 1 is 0.867 bits per heavy atom. The summed E-state index contributed by atoms with van der Waals surface area (Å²) in [6, 6.07) is 26.0. The van der Waals surface area contributed by atoms with Gasteiger partial charge in [0, 0.05) is 23.1 Å². The minimum atomic E-state index is -4.22. The number of rotatable bonds is 13. The quantitative estimate of drug-likeness (QED) is 0.162. The number of para-hydroxylation sites is 1. The van der Waals surface area contributed by atoms with Gasteiger partial charge in [-0.25, -0.2) is 8.42 Å². The van der Waals surface area contributed by atoms with Gasteiger partial charge in [0.1, 0.15) is 24.1 Å². The van der Waals surface area contributed by atoms with Crippen molar-refractivity contribution in [3.63, 3.8) is 0 Å². The molecule has 8 nitrogen and oxygen atoms in total. The Kier molecular flexibility index (Phi) is 11.5. The van der Waals surface area contributed by atoms with E-state index in [2.05, 4.69) is 5.32 Å². The Morgan fingerprint density at radius 3 is 2.11 bits per heavy atom. The van der Waals surface area contributed by atoms with Gasteiger partial charge in [0.05, 0.1) is 10.6 Å². The summed E-state index contributed by atoms with van der Waals surface area (Å²) in [5.74, 6) is 0.176. The van der Waals surface area contributed by atoms with E-state index in [-0.39, 0.29) is 23.0 Å².